The Kier molecular flexibility index (Phi) is 4.38. The zero-order chi connectivity index (χ0) is 17.3. The van der Waals surface area contributed by atoms with Crippen LogP contribution in [0.1, 0.15) is 23.4 Å². The number of hydrogen-bond acceptors (Lipinski definition) is 4. The average Bonchev–Trinajstić information content (AvgIpc) is 3.12. The Morgan fingerprint density at radius 3 is 2.67 bits per heavy atom. The van der Waals surface area contributed by atoms with Gasteiger partial charge in [-0.1, -0.05) is 23.4 Å². The number of rotatable bonds is 4. The number of aromatic nitrogens is 1. The van der Waals surface area contributed by atoms with Crippen LogP contribution in [0.2, 0.25) is 0 Å². The molecule has 1 atom stereocenters. The highest BCUT2D eigenvalue weighted by Crippen LogP contribution is 2.26. The van der Waals surface area contributed by atoms with Gasteiger partial charge in [-0.15, -0.1) is 0 Å². The number of benzene rings is 1. The SMILES string of the molecule is Cc1noc(C)c1CN(C)C(=O)C1CC(=O)N(c2ccccc2)C1. The highest BCUT2D eigenvalue weighted by Gasteiger charge is 2.36. The van der Waals surface area contributed by atoms with Crippen molar-refractivity contribution >= 4 is 17.5 Å². The molecule has 1 aromatic heterocycles. The minimum Gasteiger partial charge on any atom is -0.361 e. The normalized spacial score (nSPS) is 17.4. The summed E-state index contributed by atoms with van der Waals surface area (Å²) in [5.41, 5.74) is 2.56. The van der Waals surface area contributed by atoms with Crippen LogP contribution in [0.25, 0.3) is 0 Å². The lowest BCUT2D eigenvalue weighted by Gasteiger charge is -2.21. The van der Waals surface area contributed by atoms with Gasteiger partial charge in [-0.25, -0.2) is 0 Å². The van der Waals surface area contributed by atoms with Gasteiger partial charge in [0.1, 0.15) is 5.76 Å². The minimum atomic E-state index is -0.317. The van der Waals surface area contributed by atoms with Crippen LogP contribution >= 0.6 is 0 Å². The fourth-order valence-corrected chi connectivity index (χ4v) is 3.08. The van der Waals surface area contributed by atoms with Crippen molar-refractivity contribution in [1.82, 2.24) is 10.1 Å². The van der Waals surface area contributed by atoms with Crippen molar-refractivity contribution in [3.05, 3.63) is 47.3 Å². The summed E-state index contributed by atoms with van der Waals surface area (Å²) in [5, 5.41) is 3.91. The van der Waals surface area contributed by atoms with Crippen LogP contribution in [0.3, 0.4) is 0 Å². The van der Waals surface area contributed by atoms with E-state index >= 15 is 0 Å². The van der Waals surface area contributed by atoms with Gasteiger partial charge in [0, 0.05) is 31.3 Å². The standard InChI is InChI=1S/C18H21N3O3/c1-12-16(13(2)24-19-12)11-20(3)18(23)14-9-17(22)21(10-14)15-7-5-4-6-8-15/h4-8,14H,9-11H2,1-3H3. The monoisotopic (exact) mass is 327 g/mol. The lowest BCUT2D eigenvalue weighted by atomic mass is 10.1. The number of hydrogen-bond donors (Lipinski definition) is 0. The Morgan fingerprint density at radius 1 is 1.33 bits per heavy atom. The second-order valence-electron chi connectivity index (χ2n) is 6.24. The van der Waals surface area contributed by atoms with Crippen molar-refractivity contribution in [2.75, 3.05) is 18.5 Å². The van der Waals surface area contributed by atoms with Crippen LogP contribution in [0.15, 0.2) is 34.9 Å². The van der Waals surface area contributed by atoms with Crippen LogP contribution in [-0.2, 0) is 16.1 Å². The maximum atomic E-state index is 12.7. The molecule has 1 unspecified atom stereocenters. The first-order valence-electron chi connectivity index (χ1n) is 7.99. The second-order valence-corrected chi connectivity index (χ2v) is 6.24. The van der Waals surface area contributed by atoms with E-state index in [-0.39, 0.29) is 24.2 Å². The van der Waals surface area contributed by atoms with Crippen molar-refractivity contribution in [3.8, 4) is 0 Å². The number of aryl methyl sites for hydroxylation is 2. The fraction of sp³-hybridized carbons (Fsp3) is 0.389. The van der Waals surface area contributed by atoms with Gasteiger partial charge < -0.3 is 14.3 Å². The van der Waals surface area contributed by atoms with Gasteiger partial charge in [0.05, 0.1) is 18.2 Å². The Bertz CT molecular complexity index is 735. The summed E-state index contributed by atoms with van der Waals surface area (Å²) >= 11 is 0. The first-order chi connectivity index (χ1) is 11.5. The molecule has 1 fully saturated rings. The van der Waals surface area contributed by atoms with Gasteiger partial charge >= 0.3 is 0 Å². The van der Waals surface area contributed by atoms with E-state index in [1.165, 1.54) is 0 Å². The Balaban J connectivity index is 1.68. The smallest absolute Gasteiger partial charge is 0.228 e. The lowest BCUT2D eigenvalue weighted by molar-refractivity contribution is -0.135. The number of nitrogens with zero attached hydrogens (tertiary/aromatic N) is 3. The third kappa shape index (κ3) is 3.04. The first kappa shape index (κ1) is 16.2. The number of amides is 2. The summed E-state index contributed by atoms with van der Waals surface area (Å²) in [4.78, 5) is 28.3. The maximum absolute atomic E-state index is 12.7. The minimum absolute atomic E-state index is 0.00899. The van der Waals surface area contributed by atoms with Crippen molar-refractivity contribution in [2.24, 2.45) is 5.92 Å². The molecule has 24 heavy (non-hydrogen) atoms. The molecule has 0 saturated carbocycles. The summed E-state index contributed by atoms with van der Waals surface area (Å²) < 4.78 is 5.14. The van der Waals surface area contributed by atoms with Gasteiger partial charge in [0.2, 0.25) is 11.8 Å². The molecule has 6 heteroatoms. The van der Waals surface area contributed by atoms with Crippen molar-refractivity contribution in [3.63, 3.8) is 0 Å². The van der Waals surface area contributed by atoms with Crippen LogP contribution in [-0.4, -0.2) is 35.5 Å². The highest BCUT2D eigenvalue weighted by atomic mass is 16.5. The second kappa shape index (κ2) is 6.47. The molecule has 2 amide bonds. The van der Waals surface area contributed by atoms with Crippen molar-refractivity contribution in [1.29, 1.82) is 0 Å². The van der Waals surface area contributed by atoms with E-state index in [0.717, 1.165) is 22.7 Å². The summed E-state index contributed by atoms with van der Waals surface area (Å²) in [6, 6.07) is 9.46. The molecule has 2 aromatic rings. The lowest BCUT2D eigenvalue weighted by Crippen LogP contribution is -2.34. The Morgan fingerprint density at radius 2 is 2.04 bits per heavy atom. The molecule has 1 aromatic carbocycles. The van der Waals surface area contributed by atoms with Gasteiger partial charge in [0.15, 0.2) is 0 Å². The average molecular weight is 327 g/mol. The Labute approximate surface area is 141 Å². The van der Waals surface area contributed by atoms with Gasteiger partial charge in [-0.05, 0) is 26.0 Å². The van der Waals surface area contributed by atoms with Gasteiger partial charge in [-0.2, -0.15) is 0 Å². The van der Waals surface area contributed by atoms with E-state index in [9.17, 15) is 9.59 Å². The molecule has 0 aliphatic carbocycles. The number of carbonyl (C=O) groups excluding carboxylic acids is 2. The van der Waals surface area contributed by atoms with E-state index in [1.54, 1.807) is 16.8 Å². The van der Waals surface area contributed by atoms with Crippen LogP contribution in [0, 0.1) is 19.8 Å². The first-order valence-corrected chi connectivity index (χ1v) is 7.99. The fourth-order valence-electron chi connectivity index (χ4n) is 3.08. The molecule has 0 radical (unpaired) electrons. The van der Waals surface area contributed by atoms with Crippen molar-refractivity contribution < 1.29 is 14.1 Å². The third-order valence-electron chi connectivity index (χ3n) is 4.49. The summed E-state index contributed by atoms with van der Waals surface area (Å²) in [6.45, 7) is 4.56. The number of anilines is 1. The molecule has 1 aliphatic heterocycles. The predicted molar refractivity (Wildman–Crippen MR) is 89.4 cm³/mol. The van der Waals surface area contributed by atoms with E-state index in [4.69, 9.17) is 4.52 Å². The molecule has 0 bridgehead atoms. The molecular formula is C18H21N3O3. The summed E-state index contributed by atoms with van der Waals surface area (Å²) in [6.07, 6.45) is 0.250. The van der Waals surface area contributed by atoms with Crippen LogP contribution < -0.4 is 4.90 Å². The van der Waals surface area contributed by atoms with E-state index in [1.807, 2.05) is 44.2 Å². The highest BCUT2D eigenvalue weighted by molar-refractivity contribution is 6.00. The largest absolute Gasteiger partial charge is 0.361 e. The van der Waals surface area contributed by atoms with Crippen molar-refractivity contribution in [2.45, 2.75) is 26.8 Å². The molecule has 126 valence electrons. The Hall–Kier alpha value is -2.63. The number of para-hydroxylation sites is 1. The van der Waals surface area contributed by atoms with Crippen LogP contribution in [0.5, 0.6) is 0 Å². The zero-order valence-electron chi connectivity index (χ0n) is 14.2. The molecule has 3 rings (SSSR count). The number of carbonyl (C=O) groups is 2. The molecule has 1 aliphatic rings. The topological polar surface area (TPSA) is 66.7 Å². The van der Waals surface area contributed by atoms with Gasteiger partial charge in [-0.3, -0.25) is 9.59 Å². The van der Waals surface area contributed by atoms with Gasteiger partial charge in [0.25, 0.3) is 0 Å². The molecule has 0 N–H and O–H groups in total. The van der Waals surface area contributed by atoms with E-state index < -0.39 is 0 Å². The molecular weight excluding hydrogens is 306 g/mol. The predicted octanol–water partition coefficient (Wildman–Crippen LogP) is 2.30. The summed E-state index contributed by atoms with van der Waals surface area (Å²) in [5.74, 6) is 0.371. The third-order valence-corrected chi connectivity index (χ3v) is 4.49. The van der Waals surface area contributed by atoms with E-state index in [0.29, 0.717) is 13.1 Å². The van der Waals surface area contributed by atoms with Crippen LogP contribution in [0.4, 0.5) is 5.69 Å². The molecule has 2 heterocycles. The summed E-state index contributed by atoms with van der Waals surface area (Å²) in [7, 11) is 1.75. The van der Waals surface area contributed by atoms with E-state index in [2.05, 4.69) is 5.16 Å². The molecule has 6 nitrogen and oxygen atoms in total. The zero-order valence-corrected chi connectivity index (χ0v) is 14.2. The molecule has 1 saturated heterocycles. The maximum Gasteiger partial charge on any atom is 0.228 e. The molecule has 0 spiro atoms. The quantitative estimate of drug-likeness (QED) is 0.864.